The van der Waals surface area contributed by atoms with Crippen molar-refractivity contribution in [3.05, 3.63) is 98.3 Å². The van der Waals surface area contributed by atoms with E-state index in [1.807, 2.05) is 48.7 Å². The Morgan fingerprint density at radius 2 is 1.61 bits per heavy atom. The van der Waals surface area contributed by atoms with Gasteiger partial charge in [0.25, 0.3) is 11.1 Å². The van der Waals surface area contributed by atoms with Gasteiger partial charge in [0.1, 0.15) is 6.54 Å². The number of H-pyrrole nitrogens is 1. The van der Waals surface area contributed by atoms with E-state index in [0.717, 1.165) is 21.8 Å². The molecule has 168 valence electrons. The first-order chi connectivity index (χ1) is 15.8. The van der Waals surface area contributed by atoms with Crippen LogP contribution >= 0.6 is 0 Å². The lowest BCUT2D eigenvalue weighted by Crippen LogP contribution is -2.34. The molecule has 0 unspecified atom stereocenters. The van der Waals surface area contributed by atoms with Crippen LogP contribution in [-0.2, 0) is 16.1 Å². The molecule has 0 aliphatic carbocycles. The molecule has 0 spiro atoms. The van der Waals surface area contributed by atoms with E-state index in [0.29, 0.717) is 5.56 Å². The molecule has 0 aliphatic rings. The molecule has 4 rings (SSSR count). The van der Waals surface area contributed by atoms with Gasteiger partial charge in [0.05, 0.1) is 10.8 Å². The number of fused-ring (bicyclic) bond motifs is 1. The maximum Gasteiger partial charge on any atom is 0.328 e. The van der Waals surface area contributed by atoms with Crippen molar-refractivity contribution in [3.63, 3.8) is 0 Å². The summed E-state index contributed by atoms with van der Waals surface area (Å²) in [6.45, 7) is 4.71. The third kappa shape index (κ3) is 4.15. The SMILES string of the molecule is Cc1cc(C(=O)[C@@H](C)OC(=O)Cn2[nH]c(=O)c3ccccc3c2=O)c(C)n1-c1ccccc1. The average Bonchev–Trinajstić information content (AvgIpc) is 3.11. The number of aromatic nitrogens is 3. The van der Waals surface area contributed by atoms with Gasteiger partial charge in [-0.25, -0.2) is 4.68 Å². The van der Waals surface area contributed by atoms with E-state index in [1.165, 1.54) is 19.1 Å². The fraction of sp³-hybridized carbons (Fsp3) is 0.200. The van der Waals surface area contributed by atoms with Crippen molar-refractivity contribution >= 4 is 22.5 Å². The fourth-order valence-corrected chi connectivity index (χ4v) is 3.98. The summed E-state index contributed by atoms with van der Waals surface area (Å²) in [5.41, 5.74) is 1.98. The summed E-state index contributed by atoms with van der Waals surface area (Å²) in [7, 11) is 0. The predicted molar refractivity (Wildman–Crippen MR) is 124 cm³/mol. The van der Waals surface area contributed by atoms with E-state index in [-0.39, 0.29) is 16.6 Å². The predicted octanol–water partition coefficient (Wildman–Crippen LogP) is 2.91. The van der Waals surface area contributed by atoms with Crippen molar-refractivity contribution in [2.45, 2.75) is 33.4 Å². The minimum atomic E-state index is -1.06. The molecule has 0 fully saturated rings. The Kier molecular flexibility index (Phi) is 5.83. The van der Waals surface area contributed by atoms with Crippen LogP contribution in [0.25, 0.3) is 16.5 Å². The first-order valence-electron chi connectivity index (χ1n) is 10.5. The Balaban J connectivity index is 1.53. The summed E-state index contributed by atoms with van der Waals surface area (Å²) in [5, 5.41) is 2.82. The van der Waals surface area contributed by atoms with Crippen LogP contribution in [0.1, 0.15) is 28.7 Å². The highest BCUT2D eigenvalue weighted by Gasteiger charge is 2.24. The van der Waals surface area contributed by atoms with Gasteiger partial charge in [0.15, 0.2) is 6.10 Å². The maximum absolute atomic E-state index is 13.0. The Morgan fingerprint density at radius 1 is 0.970 bits per heavy atom. The number of aryl methyl sites for hydroxylation is 1. The van der Waals surface area contributed by atoms with Crippen molar-refractivity contribution in [2.75, 3.05) is 0 Å². The highest BCUT2D eigenvalue weighted by atomic mass is 16.5. The van der Waals surface area contributed by atoms with Gasteiger partial charge in [-0.1, -0.05) is 30.3 Å². The molecule has 0 radical (unpaired) electrons. The summed E-state index contributed by atoms with van der Waals surface area (Å²) < 4.78 is 8.16. The average molecular weight is 445 g/mol. The van der Waals surface area contributed by atoms with Crippen LogP contribution in [0.5, 0.6) is 0 Å². The third-order valence-electron chi connectivity index (χ3n) is 5.56. The number of hydrogen-bond donors (Lipinski definition) is 1. The number of Topliss-reactive ketones (excluding diaryl/α,β-unsaturated/α-hetero) is 1. The Labute approximate surface area is 189 Å². The molecule has 0 amide bonds. The molecule has 2 aromatic carbocycles. The normalized spacial score (nSPS) is 12.0. The van der Waals surface area contributed by atoms with Crippen molar-refractivity contribution in [1.82, 2.24) is 14.3 Å². The largest absolute Gasteiger partial charge is 0.453 e. The topological polar surface area (TPSA) is 103 Å². The minimum absolute atomic E-state index is 0.200. The number of nitrogens with zero attached hydrogens (tertiary/aromatic N) is 2. The van der Waals surface area contributed by atoms with Crippen molar-refractivity contribution in [3.8, 4) is 5.69 Å². The summed E-state index contributed by atoms with van der Waals surface area (Å²) >= 11 is 0. The molecule has 8 heteroatoms. The van der Waals surface area contributed by atoms with E-state index in [9.17, 15) is 19.2 Å². The van der Waals surface area contributed by atoms with E-state index >= 15 is 0 Å². The molecule has 8 nitrogen and oxygen atoms in total. The number of benzene rings is 2. The molecular formula is C25H23N3O5. The highest BCUT2D eigenvalue weighted by Crippen LogP contribution is 2.22. The van der Waals surface area contributed by atoms with E-state index in [2.05, 4.69) is 5.10 Å². The van der Waals surface area contributed by atoms with Crippen molar-refractivity contribution in [2.24, 2.45) is 0 Å². The lowest BCUT2D eigenvalue weighted by Gasteiger charge is -2.14. The number of ether oxygens (including phenoxy) is 1. The highest BCUT2D eigenvalue weighted by molar-refractivity contribution is 6.01. The zero-order chi connectivity index (χ0) is 23.7. The van der Waals surface area contributed by atoms with Crippen LogP contribution in [0.3, 0.4) is 0 Å². The van der Waals surface area contributed by atoms with Gasteiger partial charge in [-0.2, -0.15) is 0 Å². The van der Waals surface area contributed by atoms with E-state index < -0.39 is 29.7 Å². The summed E-state index contributed by atoms with van der Waals surface area (Å²) in [6, 6.07) is 17.7. The summed E-state index contributed by atoms with van der Waals surface area (Å²) in [4.78, 5) is 50.3. The number of carbonyl (C=O) groups is 2. The van der Waals surface area contributed by atoms with Gasteiger partial charge in [-0.3, -0.25) is 24.3 Å². The minimum Gasteiger partial charge on any atom is -0.453 e. The van der Waals surface area contributed by atoms with Gasteiger partial charge in [-0.05, 0) is 51.1 Å². The van der Waals surface area contributed by atoms with Crippen LogP contribution in [0.15, 0.2) is 70.3 Å². The molecule has 0 bridgehead atoms. The number of carbonyl (C=O) groups excluding carboxylic acids is 2. The standard InChI is InChI=1S/C25H23N3O5/c1-15-13-21(16(2)28(15)18-9-5-4-6-10-18)23(30)17(3)33-22(29)14-27-25(32)20-12-8-7-11-19(20)24(31)26-27/h4-13,17H,14H2,1-3H3,(H,26,31)/t17-/m1/s1. The zero-order valence-corrected chi connectivity index (χ0v) is 18.5. The van der Waals surface area contributed by atoms with Gasteiger partial charge in [0, 0.05) is 22.6 Å². The second-order valence-electron chi connectivity index (χ2n) is 7.83. The van der Waals surface area contributed by atoms with Gasteiger partial charge in [-0.15, -0.1) is 0 Å². The first kappa shape index (κ1) is 22.0. The van der Waals surface area contributed by atoms with Crippen LogP contribution in [-0.4, -0.2) is 32.2 Å². The smallest absolute Gasteiger partial charge is 0.328 e. The molecule has 2 heterocycles. The Bertz CT molecular complexity index is 1480. The number of aromatic amines is 1. The fourth-order valence-electron chi connectivity index (χ4n) is 3.98. The Hall–Kier alpha value is -4.20. The first-order valence-corrected chi connectivity index (χ1v) is 10.5. The van der Waals surface area contributed by atoms with Crippen LogP contribution in [0.2, 0.25) is 0 Å². The molecule has 0 aliphatic heterocycles. The van der Waals surface area contributed by atoms with E-state index in [1.54, 1.807) is 18.2 Å². The summed E-state index contributed by atoms with van der Waals surface area (Å²) in [5.74, 6) is -1.15. The van der Waals surface area contributed by atoms with Crippen LogP contribution in [0, 0.1) is 13.8 Å². The van der Waals surface area contributed by atoms with Crippen LogP contribution in [0.4, 0.5) is 0 Å². The number of para-hydroxylation sites is 1. The number of ketones is 1. The number of nitrogens with one attached hydrogen (secondary N) is 1. The summed E-state index contributed by atoms with van der Waals surface area (Å²) in [6.07, 6.45) is -1.06. The molecule has 0 saturated carbocycles. The van der Waals surface area contributed by atoms with Crippen molar-refractivity contribution in [1.29, 1.82) is 0 Å². The number of esters is 1. The molecule has 2 aromatic heterocycles. The van der Waals surface area contributed by atoms with Gasteiger partial charge >= 0.3 is 5.97 Å². The molecule has 33 heavy (non-hydrogen) atoms. The monoisotopic (exact) mass is 445 g/mol. The van der Waals surface area contributed by atoms with E-state index in [4.69, 9.17) is 4.74 Å². The number of rotatable bonds is 6. The quantitative estimate of drug-likeness (QED) is 0.363. The van der Waals surface area contributed by atoms with Gasteiger partial charge in [0.2, 0.25) is 5.78 Å². The lowest BCUT2D eigenvalue weighted by molar-refractivity contribution is -0.147. The second kappa shape index (κ2) is 8.74. The maximum atomic E-state index is 13.0. The third-order valence-corrected chi connectivity index (χ3v) is 5.56. The molecule has 0 saturated heterocycles. The molecule has 1 N–H and O–H groups in total. The zero-order valence-electron chi connectivity index (χ0n) is 18.5. The Morgan fingerprint density at radius 3 is 2.30 bits per heavy atom. The molecule has 1 atom stereocenters. The molecule has 4 aromatic rings. The lowest BCUT2D eigenvalue weighted by atomic mass is 10.1. The van der Waals surface area contributed by atoms with Crippen molar-refractivity contribution < 1.29 is 14.3 Å². The number of hydrogen-bond acceptors (Lipinski definition) is 5. The van der Waals surface area contributed by atoms with Gasteiger partial charge < -0.3 is 9.30 Å². The van der Waals surface area contributed by atoms with Crippen LogP contribution < -0.4 is 11.1 Å². The molecular weight excluding hydrogens is 422 g/mol. The second-order valence-corrected chi connectivity index (χ2v) is 7.83.